The number of nitrogens with zero attached hydrogens (tertiary/aromatic N) is 3. The van der Waals surface area contributed by atoms with Crippen LogP contribution in [-0.2, 0) is 24.4 Å². The lowest BCUT2D eigenvalue weighted by molar-refractivity contribution is -0.170. The average Bonchev–Trinajstić information content (AvgIpc) is 2.96. The molecule has 1 fully saturated rings. The van der Waals surface area contributed by atoms with E-state index in [1.54, 1.807) is 7.05 Å². The number of carboxylic acid groups (broad SMARTS) is 1. The van der Waals surface area contributed by atoms with Gasteiger partial charge in [0.2, 0.25) is 5.91 Å². The van der Waals surface area contributed by atoms with Gasteiger partial charge in [0.05, 0.1) is 11.8 Å². The lowest BCUT2D eigenvalue weighted by atomic mass is 10.00. The summed E-state index contributed by atoms with van der Waals surface area (Å²) in [5, 5.41) is 19.5. The molecule has 4 atom stereocenters. The van der Waals surface area contributed by atoms with Gasteiger partial charge in [0, 0.05) is 32.3 Å². The van der Waals surface area contributed by atoms with Gasteiger partial charge in [0.25, 0.3) is 10.1 Å². The van der Waals surface area contributed by atoms with Crippen molar-refractivity contribution >= 4 is 33.8 Å². The molecule has 1 aromatic rings. The number of guanidine groups is 1. The minimum absolute atomic E-state index is 0.0145. The Morgan fingerprint density at radius 2 is 1.74 bits per heavy atom. The molecule has 0 bridgehead atoms. The van der Waals surface area contributed by atoms with Crippen molar-refractivity contribution in [2.45, 2.75) is 121 Å². The number of nitrogens with one attached hydrogen (secondary N) is 2. The molecule has 0 aromatic carbocycles. The van der Waals surface area contributed by atoms with Gasteiger partial charge in [0.1, 0.15) is 12.0 Å². The molecule has 0 radical (unpaired) electrons. The van der Waals surface area contributed by atoms with Gasteiger partial charge in [-0.3, -0.25) is 19.3 Å². The Morgan fingerprint density at radius 3 is 2.26 bits per heavy atom. The molecule has 0 aliphatic carbocycles. The number of nitrogens with two attached hydrogens (primary N) is 3. The normalized spacial score (nSPS) is 18.6. The number of carbonyl (C=O) groups excluding carboxylic acids is 1. The first kappa shape index (κ1) is 40.7. The van der Waals surface area contributed by atoms with Crippen molar-refractivity contribution in [1.82, 2.24) is 19.8 Å². The van der Waals surface area contributed by atoms with E-state index < -0.39 is 52.1 Å². The third-order valence-electron chi connectivity index (χ3n) is 7.60. The second-order valence-electron chi connectivity index (χ2n) is 11.7. The summed E-state index contributed by atoms with van der Waals surface area (Å²) in [4.78, 5) is 41.1. The molecule has 2 heterocycles. The van der Waals surface area contributed by atoms with Crippen molar-refractivity contribution in [2.24, 2.45) is 11.5 Å². The summed E-state index contributed by atoms with van der Waals surface area (Å²) in [7, 11) is -2.09. The fourth-order valence-electron chi connectivity index (χ4n) is 4.89. The molecular weight excluding hydrogens is 620 g/mol. The molecule has 1 amide bonds. The maximum atomic E-state index is 12.3. The van der Waals surface area contributed by atoms with Crippen LogP contribution < -0.4 is 28.2 Å². The molecule has 1 saturated heterocycles. The van der Waals surface area contributed by atoms with Gasteiger partial charge in [-0.1, -0.05) is 64.7 Å². The van der Waals surface area contributed by atoms with Crippen molar-refractivity contribution < 1.29 is 32.4 Å². The highest BCUT2D eigenvalue weighted by atomic mass is 32.2. The van der Waals surface area contributed by atoms with Gasteiger partial charge in [-0.2, -0.15) is 13.4 Å². The molecule has 46 heavy (non-hydrogen) atoms. The molecule has 1 aromatic heterocycles. The number of hydrogen-bond donors (Lipinski definition) is 7. The summed E-state index contributed by atoms with van der Waals surface area (Å²) in [6.45, 7) is 2.63. The van der Waals surface area contributed by atoms with E-state index in [0.717, 1.165) is 12.8 Å². The van der Waals surface area contributed by atoms with E-state index in [9.17, 15) is 27.9 Å². The number of nitrogen functional groups attached to an aromatic ring is 1. The molecule has 264 valence electrons. The highest BCUT2D eigenvalue weighted by Crippen LogP contribution is 2.26. The molecule has 1 aliphatic heterocycles. The predicted octanol–water partition coefficient (Wildman–Crippen LogP) is 1.80. The maximum Gasteiger partial charge on any atom is 0.351 e. The second-order valence-corrected chi connectivity index (χ2v) is 13.2. The van der Waals surface area contributed by atoms with Gasteiger partial charge in [-0.15, -0.1) is 0 Å². The minimum atomic E-state index is -3.73. The minimum Gasteiger partial charge on any atom is -0.479 e. The quantitative estimate of drug-likeness (QED) is 0.0478. The molecule has 1 aliphatic rings. The number of hydrogen-bond acceptors (Lipinski definition) is 10. The number of aliphatic carboxylic acids is 1. The number of unbranched alkanes of at least 4 members (excludes halogenated alkanes) is 9. The zero-order chi connectivity index (χ0) is 34.7. The molecule has 0 spiro atoms. The first-order chi connectivity index (χ1) is 21.6. The van der Waals surface area contributed by atoms with Gasteiger partial charge in [-0.25, -0.2) is 9.59 Å². The van der Waals surface area contributed by atoms with Crippen molar-refractivity contribution in [1.29, 1.82) is 5.41 Å². The summed E-state index contributed by atoms with van der Waals surface area (Å²) in [6, 6.07) is 0.168. The monoisotopic (exact) mass is 674 g/mol. The molecule has 10 N–H and O–H groups in total. The maximum absolute atomic E-state index is 12.3. The van der Waals surface area contributed by atoms with Crippen LogP contribution in [-0.4, -0.2) is 87.9 Å². The van der Waals surface area contributed by atoms with Crippen LogP contribution in [0.1, 0.15) is 103 Å². The van der Waals surface area contributed by atoms with Crippen LogP contribution in [0.15, 0.2) is 17.1 Å². The lowest BCUT2D eigenvalue weighted by Gasteiger charge is -2.35. The highest BCUT2D eigenvalue weighted by molar-refractivity contribution is 7.85. The van der Waals surface area contributed by atoms with Crippen LogP contribution in [0.2, 0.25) is 0 Å². The van der Waals surface area contributed by atoms with Crippen LogP contribution >= 0.6 is 0 Å². The summed E-state index contributed by atoms with van der Waals surface area (Å²) in [6.07, 6.45) is 11.9. The number of carboxylic acids is 1. The third-order valence-corrected chi connectivity index (χ3v) is 8.40. The second kappa shape index (κ2) is 21.5. The number of ether oxygens (including phenoxy) is 1. The number of amides is 1. The van der Waals surface area contributed by atoms with Crippen LogP contribution in [0, 0.1) is 5.41 Å². The van der Waals surface area contributed by atoms with Gasteiger partial charge in [-0.05, 0) is 31.7 Å². The van der Waals surface area contributed by atoms with Crippen molar-refractivity contribution in [3.8, 4) is 0 Å². The molecule has 17 heteroatoms. The SMILES string of the molecule is CCCCCCCCCCCCS(=O)(=O)O.CN(CCC(N)CC(=O)N[C@H]1CC[C@H](n2ccc(N)nc2=O)O[C@@H]1C(=O)O)C(=N)N. The number of anilines is 1. The Balaban J connectivity index is 0.000000561. The van der Waals surface area contributed by atoms with Crippen molar-refractivity contribution in [3.05, 3.63) is 22.7 Å². The summed E-state index contributed by atoms with van der Waals surface area (Å²) >= 11 is 0. The molecule has 0 saturated carbocycles. The Labute approximate surface area is 271 Å². The van der Waals surface area contributed by atoms with E-state index in [4.69, 9.17) is 31.9 Å². The summed E-state index contributed by atoms with van der Waals surface area (Å²) < 4.78 is 36.1. The van der Waals surface area contributed by atoms with Crippen LogP contribution in [0.5, 0.6) is 0 Å². The smallest absolute Gasteiger partial charge is 0.351 e. The van der Waals surface area contributed by atoms with Crippen LogP contribution in [0.25, 0.3) is 0 Å². The standard InChI is InChI=1S/C17H28N8O5.C12H26O3S/c1-24(16(20)21)6-4-9(18)8-12(26)22-10-2-3-13(30-14(10)15(27)28)25-7-5-11(19)23-17(25)29;1-2-3-4-5-6-7-8-9-10-11-12-16(13,14)15/h5,7,9-10,13-14H,2-4,6,8,18H2,1H3,(H3,20,21)(H,22,26)(H,27,28)(H2,19,23,29);2-12H2,1H3,(H,13,14,15)/t9?,10-,13+,14-;/m0./s1. The highest BCUT2D eigenvalue weighted by Gasteiger charge is 2.38. The van der Waals surface area contributed by atoms with E-state index in [1.807, 2.05) is 0 Å². The Bertz CT molecular complexity index is 1250. The summed E-state index contributed by atoms with van der Waals surface area (Å²) in [5.74, 6) is -1.78. The topological polar surface area (TPSA) is 270 Å². The zero-order valence-corrected chi connectivity index (χ0v) is 27.9. The van der Waals surface area contributed by atoms with E-state index in [2.05, 4.69) is 17.2 Å². The van der Waals surface area contributed by atoms with Gasteiger partial charge >= 0.3 is 11.7 Å². The predicted molar refractivity (Wildman–Crippen MR) is 176 cm³/mol. The number of rotatable bonds is 19. The van der Waals surface area contributed by atoms with E-state index >= 15 is 0 Å². The fourth-order valence-corrected chi connectivity index (χ4v) is 5.46. The van der Waals surface area contributed by atoms with Gasteiger partial charge < -0.3 is 37.3 Å². The Morgan fingerprint density at radius 1 is 1.15 bits per heavy atom. The van der Waals surface area contributed by atoms with Gasteiger partial charge in [0.15, 0.2) is 12.1 Å². The molecule has 2 rings (SSSR count). The first-order valence-electron chi connectivity index (χ1n) is 15.9. The first-order valence-corrected chi connectivity index (χ1v) is 17.5. The number of carbonyl (C=O) groups is 2. The molecule has 1 unspecified atom stereocenters. The third kappa shape index (κ3) is 17.4. The summed E-state index contributed by atoms with van der Waals surface area (Å²) in [5.41, 5.74) is 16.1. The Kier molecular flexibility index (Phi) is 19.0. The van der Waals surface area contributed by atoms with E-state index in [1.165, 1.54) is 66.7 Å². The van der Waals surface area contributed by atoms with Crippen molar-refractivity contribution in [2.75, 3.05) is 25.1 Å². The molecule has 16 nitrogen and oxygen atoms in total. The average molecular weight is 675 g/mol. The fraction of sp³-hybridized carbons (Fsp3) is 0.759. The number of aromatic nitrogens is 2. The van der Waals surface area contributed by atoms with Crippen LogP contribution in [0.4, 0.5) is 5.82 Å². The largest absolute Gasteiger partial charge is 0.479 e. The Hall–Kier alpha value is -3.28. The van der Waals surface area contributed by atoms with E-state index in [-0.39, 0.29) is 30.4 Å². The zero-order valence-electron chi connectivity index (χ0n) is 27.1. The molecular formula is C29H54N8O8S. The van der Waals surface area contributed by atoms with Crippen LogP contribution in [0.3, 0.4) is 0 Å². The lowest BCUT2D eigenvalue weighted by Crippen LogP contribution is -2.53. The van der Waals surface area contributed by atoms with Crippen molar-refractivity contribution in [3.63, 3.8) is 0 Å². The van der Waals surface area contributed by atoms with E-state index in [0.29, 0.717) is 25.8 Å².